The molecule has 1 aromatic carbocycles. The van der Waals surface area contributed by atoms with Crippen molar-refractivity contribution in [2.24, 2.45) is 11.8 Å². The summed E-state index contributed by atoms with van der Waals surface area (Å²) in [5.41, 5.74) is 5.84. The zero-order valence-corrected chi connectivity index (χ0v) is 11.3. The minimum absolute atomic E-state index is 0.940. The predicted octanol–water partition coefficient (Wildman–Crippen LogP) is 4.83. The van der Waals surface area contributed by atoms with Crippen LogP contribution in [0.3, 0.4) is 0 Å². The number of hydrogen-bond donors (Lipinski definition) is 0. The molecule has 0 aromatic heterocycles. The van der Waals surface area contributed by atoms with Crippen LogP contribution in [-0.4, -0.2) is 0 Å². The minimum Gasteiger partial charge on any atom is -0.0696 e. The van der Waals surface area contributed by atoms with E-state index < -0.39 is 0 Å². The Morgan fingerprint density at radius 2 is 1.06 bits per heavy atom. The van der Waals surface area contributed by atoms with Crippen molar-refractivity contribution >= 4 is 0 Å². The lowest BCUT2D eigenvalue weighted by atomic mass is 10.0. The molecule has 1 aromatic rings. The van der Waals surface area contributed by atoms with E-state index in [4.69, 9.17) is 0 Å². The largest absolute Gasteiger partial charge is 0.0696 e. The van der Waals surface area contributed by atoms with Crippen molar-refractivity contribution in [1.82, 2.24) is 0 Å². The first-order valence-corrected chi connectivity index (χ1v) is 6.46. The first kappa shape index (κ1) is 12.2. The van der Waals surface area contributed by atoms with Gasteiger partial charge in [-0.15, -0.1) is 0 Å². The molecule has 2 unspecified atom stereocenters. The number of aryl methyl sites for hydroxylation is 2. The second-order valence-electron chi connectivity index (χ2n) is 5.42. The van der Waals surface area contributed by atoms with Gasteiger partial charge in [-0.3, -0.25) is 0 Å². The molecule has 1 saturated carbocycles. The lowest BCUT2D eigenvalue weighted by Crippen LogP contribution is -1.91. The summed E-state index contributed by atoms with van der Waals surface area (Å²) >= 11 is 0. The molecule has 3 rings (SSSR count). The Morgan fingerprint density at radius 1 is 0.706 bits per heavy atom. The van der Waals surface area contributed by atoms with Gasteiger partial charge >= 0.3 is 0 Å². The van der Waals surface area contributed by atoms with E-state index in [1.807, 2.05) is 0 Å². The molecule has 0 amide bonds. The van der Waals surface area contributed by atoms with E-state index in [9.17, 15) is 0 Å². The van der Waals surface area contributed by atoms with Gasteiger partial charge in [-0.1, -0.05) is 58.7 Å². The average Bonchev–Trinajstić information content (AvgIpc) is 3.10. The Hall–Kier alpha value is -1.30. The van der Waals surface area contributed by atoms with Gasteiger partial charge in [0.15, 0.2) is 0 Å². The van der Waals surface area contributed by atoms with Crippen LogP contribution in [0.25, 0.3) is 0 Å². The van der Waals surface area contributed by atoms with E-state index in [0.717, 1.165) is 11.8 Å². The number of allylic oxidation sites excluding steroid dienone is 4. The second kappa shape index (κ2) is 4.91. The molecule has 2 aliphatic rings. The molecule has 0 radical (unpaired) electrons. The van der Waals surface area contributed by atoms with Crippen molar-refractivity contribution in [3.8, 4) is 0 Å². The summed E-state index contributed by atoms with van der Waals surface area (Å²) in [7, 11) is 0. The van der Waals surface area contributed by atoms with Crippen LogP contribution >= 0.6 is 0 Å². The van der Waals surface area contributed by atoms with E-state index in [2.05, 4.69) is 64.1 Å². The van der Waals surface area contributed by atoms with Crippen molar-refractivity contribution in [2.45, 2.75) is 34.1 Å². The van der Waals surface area contributed by atoms with Gasteiger partial charge in [0.1, 0.15) is 0 Å². The van der Waals surface area contributed by atoms with E-state index >= 15 is 0 Å². The fraction of sp³-hybridized carbons (Fsp3) is 0.412. The first-order chi connectivity index (χ1) is 8.08. The highest BCUT2D eigenvalue weighted by atomic mass is 14.4. The molecule has 0 nitrogen and oxygen atoms in total. The lowest BCUT2D eigenvalue weighted by molar-refractivity contribution is 0.860. The molecule has 90 valence electrons. The predicted molar refractivity (Wildman–Crippen MR) is 75.0 cm³/mol. The van der Waals surface area contributed by atoms with Crippen LogP contribution < -0.4 is 0 Å². The molecule has 17 heavy (non-hydrogen) atoms. The van der Waals surface area contributed by atoms with E-state index in [1.165, 1.54) is 17.5 Å². The quantitative estimate of drug-likeness (QED) is 0.594. The Balaban J connectivity index is 0.000000128. The summed E-state index contributed by atoms with van der Waals surface area (Å²) in [6.07, 6.45) is 5.96. The van der Waals surface area contributed by atoms with Crippen LogP contribution in [-0.2, 0) is 0 Å². The monoisotopic (exact) mass is 226 g/mol. The first-order valence-electron chi connectivity index (χ1n) is 6.46. The maximum atomic E-state index is 2.27. The maximum absolute atomic E-state index is 2.27. The molecule has 2 aliphatic carbocycles. The molecule has 0 aliphatic heterocycles. The van der Waals surface area contributed by atoms with Gasteiger partial charge in [-0.2, -0.15) is 0 Å². The maximum Gasteiger partial charge on any atom is -0.0131 e. The molecule has 0 N–H and O–H groups in total. The second-order valence-corrected chi connectivity index (χ2v) is 5.42. The Bertz CT molecular complexity index is 402. The van der Waals surface area contributed by atoms with E-state index in [1.54, 1.807) is 11.1 Å². The third kappa shape index (κ3) is 3.09. The number of hydrogen-bond acceptors (Lipinski definition) is 0. The van der Waals surface area contributed by atoms with Gasteiger partial charge in [0.2, 0.25) is 0 Å². The van der Waals surface area contributed by atoms with Crippen molar-refractivity contribution < 1.29 is 0 Å². The third-order valence-corrected chi connectivity index (χ3v) is 3.79. The lowest BCUT2D eigenvalue weighted by Gasteiger charge is -2.04. The van der Waals surface area contributed by atoms with Crippen LogP contribution in [0.15, 0.2) is 47.6 Å². The van der Waals surface area contributed by atoms with E-state index in [-0.39, 0.29) is 0 Å². The van der Waals surface area contributed by atoms with Gasteiger partial charge in [-0.25, -0.2) is 0 Å². The molecular weight excluding hydrogens is 204 g/mol. The van der Waals surface area contributed by atoms with Crippen molar-refractivity contribution in [1.29, 1.82) is 0 Å². The molecule has 2 atom stereocenters. The summed E-state index contributed by atoms with van der Waals surface area (Å²) in [6.45, 7) is 8.68. The Kier molecular flexibility index (Phi) is 3.51. The zero-order chi connectivity index (χ0) is 12.4. The molecular formula is C17H22. The highest BCUT2D eigenvalue weighted by Gasteiger charge is 2.40. The SMILES string of the molecule is CC1=CC=C(C)C2CC12.Cc1ccc(C)cc1. The van der Waals surface area contributed by atoms with Gasteiger partial charge in [0, 0.05) is 0 Å². The topological polar surface area (TPSA) is 0 Å². The zero-order valence-electron chi connectivity index (χ0n) is 11.3. The molecule has 0 bridgehead atoms. The van der Waals surface area contributed by atoms with Crippen molar-refractivity contribution in [2.75, 3.05) is 0 Å². The van der Waals surface area contributed by atoms with Gasteiger partial charge in [0.25, 0.3) is 0 Å². The number of rotatable bonds is 0. The van der Waals surface area contributed by atoms with Gasteiger partial charge in [0.05, 0.1) is 0 Å². The summed E-state index contributed by atoms with van der Waals surface area (Å²) < 4.78 is 0. The average molecular weight is 226 g/mol. The van der Waals surface area contributed by atoms with Crippen molar-refractivity contribution in [3.05, 3.63) is 58.7 Å². The van der Waals surface area contributed by atoms with Crippen LogP contribution in [0.5, 0.6) is 0 Å². The number of benzene rings is 1. The Labute approximate surface area is 105 Å². The van der Waals surface area contributed by atoms with Crippen LogP contribution in [0.4, 0.5) is 0 Å². The van der Waals surface area contributed by atoms with Crippen LogP contribution in [0, 0.1) is 25.7 Å². The summed E-state index contributed by atoms with van der Waals surface area (Å²) in [6, 6.07) is 8.48. The highest BCUT2D eigenvalue weighted by molar-refractivity contribution is 5.33. The fourth-order valence-electron chi connectivity index (χ4n) is 2.35. The van der Waals surface area contributed by atoms with Crippen LogP contribution in [0.1, 0.15) is 31.4 Å². The fourth-order valence-corrected chi connectivity index (χ4v) is 2.35. The molecule has 0 saturated heterocycles. The van der Waals surface area contributed by atoms with Gasteiger partial charge in [-0.05, 0) is 46.0 Å². The highest BCUT2D eigenvalue weighted by Crippen LogP contribution is 2.50. The molecule has 0 heterocycles. The van der Waals surface area contributed by atoms with Crippen molar-refractivity contribution in [3.63, 3.8) is 0 Å². The minimum atomic E-state index is 0.940. The van der Waals surface area contributed by atoms with E-state index in [0.29, 0.717) is 0 Å². The molecule has 1 fully saturated rings. The standard InChI is InChI=1S/C9H12.C8H10/c1-6-3-4-7(2)9-5-8(6)9;1-7-3-5-8(2)6-4-7/h3-4,8-9H,5H2,1-2H3;3-6H,1-2H3. The molecule has 0 spiro atoms. The third-order valence-electron chi connectivity index (χ3n) is 3.79. The summed E-state index contributed by atoms with van der Waals surface area (Å²) in [4.78, 5) is 0. The Morgan fingerprint density at radius 3 is 1.41 bits per heavy atom. The van der Waals surface area contributed by atoms with Crippen LogP contribution in [0.2, 0.25) is 0 Å². The summed E-state index contributed by atoms with van der Waals surface area (Å²) in [5, 5.41) is 0. The normalized spacial score (nSPS) is 24.9. The number of fused-ring (bicyclic) bond motifs is 1. The van der Waals surface area contributed by atoms with Gasteiger partial charge < -0.3 is 0 Å². The summed E-state index contributed by atoms with van der Waals surface area (Å²) in [5.74, 6) is 1.88. The smallest absolute Gasteiger partial charge is 0.0131 e. The molecule has 0 heteroatoms.